The Kier molecular flexibility index (Phi) is 8.29. The Balaban J connectivity index is 1.56. The van der Waals surface area contributed by atoms with Crippen LogP contribution in [0.15, 0.2) is 52.4 Å². The number of likely N-dealkylation sites (tertiary alicyclic amines) is 1. The monoisotopic (exact) mass is 492 g/mol. The summed E-state index contributed by atoms with van der Waals surface area (Å²) in [6.45, 7) is 5.11. The van der Waals surface area contributed by atoms with E-state index in [1.807, 2.05) is 0 Å². The van der Waals surface area contributed by atoms with Crippen molar-refractivity contribution < 1.29 is 14.7 Å². The highest BCUT2D eigenvalue weighted by atomic mass is 16.5. The molecule has 1 aromatic heterocycles. The van der Waals surface area contributed by atoms with Gasteiger partial charge in [-0.3, -0.25) is 14.3 Å². The van der Waals surface area contributed by atoms with E-state index in [2.05, 4.69) is 20.7 Å². The van der Waals surface area contributed by atoms with Crippen LogP contribution in [-0.4, -0.2) is 58.2 Å². The number of urea groups is 1. The third kappa shape index (κ3) is 6.07. The molecule has 10 nitrogen and oxygen atoms in total. The molecule has 0 unspecified atom stereocenters. The van der Waals surface area contributed by atoms with Gasteiger partial charge in [-0.2, -0.15) is 0 Å². The predicted molar refractivity (Wildman–Crippen MR) is 140 cm³/mol. The Labute approximate surface area is 209 Å². The quantitative estimate of drug-likeness (QED) is 0.249. The fraction of sp³-hybridized carbons (Fsp3) is 0.385. The number of aromatic nitrogens is 2. The highest BCUT2D eigenvalue weighted by Gasteiger charge is 2.17. The molecule has 1 fully saturated rings. The van der Waals surface area contributed by atoms with Crippen molar-refractivity contribution in [3.8, 4) is 0 Å². The summed E-state index contributed by atoms with van der Waals surface area (Å²) in [5, 5.41) is 18.1. The summed E-state index contributed by atoms with van der Waals surface area (Å²) in [5.74, 6) is 0.728. The average molecular weight is 493 g/mol. The Morgan fingerprint density at radius 1 is 1.11 bits per heavy atom. The lowest BCUT2D eigenvalue weighted by atomic mass is 10.1. The van der Waals surface area contributed by atoms with Gasteiger partial charge in [0, 0.05) is 24.0 Å². The minimum absolute atomic E-state index is 0.153. The molecule has 1 aliphatic heterocycles. The number of piperidine rings is 1. The second kappa shape index (κ2) is 11.8. The largest absolute Gasteiger partial charge is 0.411 e. The van der Waals surface area contributed by atoms with E-state index < -0.39 is 6.03 Å². The van der Waals surface area contributed by atoms with Crippen molar-refractivity contribution in [2.45, 2.75) is 39.3 Å². The van der Waals surface area contributed by atoms with Crippen molar-refractivity contribution in [1.82, 2.24) is 14.5 Å². The summed E-state index contributed by atoms with van der Waals surface area (Å²) in [4.78, 5) is 33.2. The molecule has 0 bridgehead atoms. The van der Waals surface area contributed by atoms with Gasteiger partial charge < -0.3 is 20.6 Å². The van der Waals surface area contributed by atoms with Gasteiger partial charge in [-0.25, -0.2) is 9.78 Å². The maximum Gasteiger partial charge on any atom is 0.323 e. The predicted octanol–water partition coefficient (Wildman–Crippen LogP) is 3.87. The van der Waals surface area contributed by atoms with Gasteiger partial charge in [0.2, 0.25) is 0 Å². The van der Waals surface area contributed by atoms with Gasteiger partial charge in [0.15, 0.2) is 0 Å². The normalized spacial score (nSPS) is 14.7. The van der Waals surface area contributed by atoms with Gasteiger partial charge >= 0.3 is 6.03 Å². The van der Waals surface area contributed by atoms with E-state index >= 15 is 0 Å². The minimum atomic E-state index is -0.459. The van der Waals surface area contributed by atoms with Crippen LogP contribution >= 0.6 is 0 Å². The highest BCUT2D eigenvalue weighted by molar-refractivity contribution is 6.03. The Bertz CT molecular complexity index is 1310. The summed E-state index contributed by atoms with van der Waals surface area (Å²) < 4.78 is 6.91. The van der Waals surface area contributed by atoms with Crippen LogP contribution in [0.1, 0.15) is 37.6 Å². The number of benzene rings is 2. The molecule has 10 heteroatoms. The number of amides is 2. The molecule has 3 N–H and O–H groups in total. The van der Waals surface area contributed by atoms with E-state index in [-0.39, 0.29) is 5.56 Å². The second-order valence-electron chi connectivity index (χ2n) is 8.89. The molecule has 2 aromatic carbocycles. The number of ether oxygens (including phenoxy) is 1. The van der Waals surface area contributed by atoms with Gasteiger partial charge in [-0.15, -0.1) is 0 Å². The number of carbonyl (C=O) groups is 1. The first kappa shape index (κ1) is 25.3. The van der Waals surface area contributed by atoms with E-state index in [1.165, 1.54) is 6.42 Å². The lowest BCUT2D eigenvalue weighted by Crippen LogP contribution is -2.34. The van der Waals surface area contributed by atoms with Crippen LogP contribution in [0.2, 0.25) is 0 Å². The zero-order valence-electron chi connectivity index (χ0n) is 20.7. The summed E-state index contributed by atoms with van der Waals surface area (Å²) in [5.41, 5.74) is 2.58. The number of hydrogen-bond acceptors (Lipinski definition) is 7. The van der Waals surface area contributed by atoms with Crippen molar-refractivity contribution in [3.63, 3.8) is 0 Å². The van der Waals surface area contributed by atoms with Crippen molar-refractivity contribution >= 4 is 34.0 Å². The van der Waals surface area contributed by atoms with Crippen LogP contribution in [0.3, 0.4) is 0 Å². The third-order valence-electron chi connectivity index (χ3n) is 6.31. The first-order valence-electron chi connectivity index (χ1n) is 12.1. The van der Waals surface area contributed by atoms with Crippen LogP contribution in [0.5, 0.6) is 0 Å². The van der Waals surface area contributed by atoms with Crippen molar-refractivity contribution in [3.05, 3.63) is 64.2 Å². The number of carbonyl (C=O) groups excluding carboxylic acids is 1. The van der Waals surface area contributed by atoms with Crippen LogP contribution in [0.25, 0.3) is 10.9 Å². The molecular weight excluding hydrogens is 460 g/mol. The number of rotatable bonds is 8. The topological polar surface area (TPSA) is 121 Å². The fourth-order valence-corrected chi connectivity index (χ4v) is 4.37. The van der Waals surface area contributed by atoms with Crippen LogP contribution in [-0.2, 0) is 17.8 Å². The van der Waals surface area contributed by atoms with Crippen molar-refractivity contribution in [1.29, 1.82) is 0 Å². The van der Waals surface area contributed by atoms with Crippen LogP contribution in [0, 0.1) is 0 Å². The molecule has 0 spiro atoms. The van der Waals surface area contributed by atoms with Crippen LogP contribution < -0.4 is 16.2 Å². The number of oxime groups is 1. The molecule has 3 aromatic rings. The number of anilines is 2. The first-order valence-corrected chi connectivity index (χ1v) is 12.1. The number of hydrogen-bond donors (Lipinski definition) is 3. The van der Waals surface area contributed by atoms with E-state index in [0.29, 0.717) is 53.2 Å². The molecule has 4 rings (SSSR count). The molecule has 0 radical (unpaired) electrons. The van der Waals surface area contributed by atoms with E-state index in [1.54, 1.807) is 61.1 Å². The summed E-state index contributed by atoms with van der Waals surface area (Å²) in [7, 11) is 1.61. The Hall–Kier alpha value is -3.76. The number of nitrogens with zero attached hydrogens (tertiary/aromatic N) is 4. The SMILES string of the molecule is COCCn1c(CN2CCCCC2)nc2ccc(NC(=O)Nc3cccc(/C(C)=N\O)c3)cc2c1=O. The smallest absolute Gasteiger partial charge is 0.323 e. The minimum Gasteiger partial charge on any atom is -0.411 e. The fourth-order valence-electron chi connectivity index (χ4n) is 4.37. The van der Waals surface area contributed by atoms with Crippen molar-refractivity contribution in [2.75, 3.05) is 37.4 Å². The lowest BCUT2D eigenvalue weighted by Gasteiger charge is -2.27. The molecule has 1 saturated heterocycles. The Morgan fingerprint density at radius 2 is 1.86 bits per heavy atom. The molecule has 0 aliphatic carbocycles. The van der Waals surface area contributed by atoms with E-state index in [0.717, 1.165) is 31.8 Å². The summed E-state index contributed by atoms with van der Waals surface area (Å²) >= 11 is 0. The number of nitrogens with one attached hydrogen (secondary N) is 2. The zero-order valence-corrected chi connectivity index (χ0v) is 20.7. The first-order chi connectivity index (χ1) is 17.5. The van der Waals surface area contributed by atoms with Gasteiger partial charge in [0.05, 0.1) is 36.3 Å². The van der Waals surface area contributed by atoms with Gasteiger partial charge in [0.25, 0.3) is 5.56 Å². The second-order valence-corrected chi connectivity index (χ2v) is 8.89. The molecule has 0 atom stereocenters. The maximum absolute atomic E-state index is 13.4. The lowest BCUT2D eigenvalue weighted by molar-refractivity contribution is 0.178. The Morgan fingerprint density at radius 3 is 2.58 bits per heavy atom. The standard InChI is InChI=1S/C26H32N6O4/c1-18(30-35)19-7-6-8-20(15-19)27-26(34)28-21-9-10-23-22(16-21)25(33)32(13-14-36-2)24(29-23)17-31-11-4-3-5-12-31/h6-10,15-16,35H,3-5,11-14,17H2,1-2H3,(H2,27,28,34)/b30-18-. The molecule has 0 saturated carbocycles. The van der Waals surface area contributed by atoms with Crippen LogP contribution in [0.4, 0.5) is 16.2 Å². The molecule has 2 amide bonds. The van der Waals surface area contributed by atoms with E-state index in [9.17, 15) is 9.59 Å². The highest BCUT2D eigenvalue weighted by Crippen LogP contribution is 2.19. The third-order valence-corrected chi connectivity index (χ3v) is 6.31. The summed E-state index contributed by atoms with van der Waals surface area (Å²) in [6, 6.07) is 11.7. The zero-order chi connectivity index (χ0) is 25.5. The van der Waals surface area contributed by atoms with Crippen molar-refractivity contribution in [2.24, 2.45) is 5.16 Å². The summed E-state index contributed by atoms with van der Waals surface area (Å²) in [6.07, 6.45) is 3.56. The number of fused-ring (bicyclic) bond motifs is 1. The molecule has 1 aliphatic rings. The molecule has 2 heterocycles. The molecule has 36 heavy (non-hydrogen) atoms. The molecule has 190 valence electrons. The maximum atomic E-state index is 13.4. The molecular formula is C26H32N6O4. The number of methoxy groups -OCH3 is 1. The van der Waals surface area contributed by atoms with Gasteiger partial charge in [-0.05, 0) is 63.2 Å². The van der Waals surface area contributed by atoms with E-state index in [4.69, 9.17) is 14.9 Å². The van der Waals surface area contributed by atoms with Gasteiger partial charge in [0.1, 0.15) is 5.82 Å². The van der Waals surface area contributed by atoms with Gasteiger partial charge in [-0.1, -0.05) is 23.7 Å². The average Bonchev–Trinajstić information content (AvgIpc) is 2.89.